The van der Waals surface area contributed by atoms with E-state index < -0.39 is 12.2 Å². The number of benzene rings is 2. The number of rotatable bonds is 6. The van der Waals surface area contributed by atoms with E-state index >= 15 is 0 Å². The fraction of sp³-hybridized carbons (Fsp3) is 0.455. The quantitative estimate of drug-likeness (QED) is 0.688. The van der Waals surface area contributed by atoms with Gasteiger partial charge in [-0.15, -0.1) is 0 Å². The van der Waals surface area contributed by atoms with Gasteiger partial charge < -0.3 is 25.0 Å². The van der Waals surface area contributed by atoms with Crippen LogP contribution in [0, 0.1) is 11.6 Å². The summed E-state index contributed by atoms with van der Waals surface area (Å²) in [5.41, 5.74) is 1.62. The van der Waals surface area contributed by atoms with Crippen molar-refractivity contribution in [2.24, 2.45) is 0 Å². The predicted molar refractivity (Wildman–Crippen MR) is 103 cm³/mol. The van der Waals surface area contributed by atoms with E-state index in [9.17, 15) is 19.0 Å². The number of aliphatic hydroxyl groups excluding tert-OH is 2. The van der Waals surface area contributed by atoms with Gasteiger partial charge in [-0.2, -0.15) is 0 Å². The van der Waals surface area contributed by atoms with E-state index in [1.54, 1.807) is 12.1 Å². The summed E-state index contributed by atoms with van der Waals surface area (Å²) < 4.78 is 38.2. The fourth-order valence-corrected chi connectivity index (χ4v) is 3.94. The van der Waals surface area contributed by atoms with E-state index in [0.717, 1.165) is 11.1 Å². The molecule has 2 aromatic rings. The van der Waals surface area contributed by atoms with Gasteiger partial charge in [-0.05, 0) is 73.2 Å². The van der Waals surface area contributed by atoms with Crippen molar-refractivity contribution in [2.75, 3.05) is 13.1 Å². The number of nitrogens with one attached hydrogen (secondary N) is 1. The number of fused-ring (bicyclic) bond motifs is 2. The Kier molecular flexibility index (Phi) is 5.99. The van der Waals surface area contributed by atoms with Crippen LogP contribution in [0.4, 0.5) is 8.78 Å². The minimum absolute atomic E-state index is 0.257. The number of hydrogen-bond acceptors (Lipinski definition) is 5. The lowest BCUT2D eigenvalue weighted by Gasteiger charge is -2.31. The average Bonchev–Trinajstić information content (AvgIpc) is 2.72. The largest absolute Gasteiger partial charge is 0.487 e. The summed E-state index contributed by atoms with van der Waals surface area (Å²) >= 11 is 0. The maximum Gasteiger partial charge on any atom is 0.126 e. The van der Waals surface area contributed by atoms with E-state index in [1.165, 1.54) is 24.3 Å². The van der Waals surface area contributed by atoms with Crippen molar-refractivity contribution in [2.45, 2.75) is 50.1 Å². The van der Waals surface area contributed by atoms with Crippen LogP contribution in [-0.4, -0.2) is 47.7 Å². The summed E-state index contributed by atoms with van der Waals surface area (Å²) in [6, 6.07) is 8.79. The van der Waals surface area contributed by atoms with Crippen LogP contribution in [-0.2, 0) is 12.8 Å². The Labute approximate surface area is 168 Å². The van der Waals surface area contributed by atoms with Crippen molar-refractivity contribution in [3.8, 4) is 11.5 Å². The lowest BCUT2D eigenvalue weighted by atomic mass is 9.98. The maximum absolute atomic E-state index is 13.3. The first-order valence-corrected chi connectivity index (χ1v) is 9.96. The number of ether oxygens (including phenoxy) is 2. The molecule has 0 aromatic heterocycles. The van der Waals surface area contributed by atoms with Crippen LogP contribution >= 0.6 is 0 Å². The van der Waals surface area contributed by atoms with Gasteiger partial charge in [-0.3, -0.25) is 0 Å². The molecule has 0 saturated carbocycles. The summed E-state index contributed by atoms with van der Waals surface area (Å²) in [6.45, 7) is 0.513. The summed E-state index contributed by atoms with van der Waals surface area (Å²) in [5.74, 6) is 0.624. The Balaban J connectivity index is 1.24. The highest BCUT2D eigenvalue weighted by molar-refractivity contribution is 5.36. The second-order valence-corrected chi connectivity index (χ2v) is 7.69. The molecule has 29 heavy (non-hydrogen) atoms. The van der Waals surface area contributed by atoms with Crippen LogP contribution < -0.4 is 14.8 Å². The number of hydrogen-bond donors (Lipinski definition) is 3. The standard InChI is InChI=1S/C22H25F2NO4/c23-15-3-7-19-13(9-15)1-5-21(28-19)17(26)11-25-12-18(27)22-6-2-14-10-16(24)4-8-20(14)29-22/h3-4,7-10,17-18,21-22,25-27H,1-2,5-6,11-12H2/t17?,18?,21-,22-/m0/s1. The molecule has 0 spiro atoms. The van der Waals surface area contributed by atoms with Crippen LogP contribution in [0.25, 0.3) is 0 Å². The highest BCUT2D eigenvalue weighted by Crippen LogP contribution is 2.30. The minimum atomic E-state index is -0.753. The van der Waals surface area contributed by atoms with Crippen LogP contribution in [0.3, 0.4) is 0 Å². The van der Waals surface area contributed by atoms with Gasteiger partial charge >= 0.3 is 0 Å². The van der Waals surface area contributed by atoms with Crippen molar-refractivity contribution >= 4 is 0 Å². The molecule has 0 saturated heterocycles. The van der Waals surface area contributed by atoms with Crippen LogP contribution in [0.2, 0.25) is 0 Å². The summed E-state index contributed by atoms with van der Waals surface area (Å²) in [5, 5.41) is 23.9. The Morgan fingerprint density at radius 1 is 0.828 bits per heavy atom. The molecule has 0 bridgehead atoms. The number of aliphatic hydroxyl groups is 2. The van der Waals surface area contributed by atoms with Gasteiger partial charge in [-0.1, -0.05) is 0 Å². The highest BCUT2D eigenvalue weighted by Gasteiger charge is 2.29. The third kappa shape index (κ3) is 4.69. The van der Waals surface area contributed by atoms with E-state index in [1.807, 2.05) is 0 Å². The van der Waals surface area contributed by atoms with Gasteiger partial charge in [0.2, 0.25) is 0 Å². The monoisotopic (exact) mass is 405 g/mol. The normalized spacial score (nSPS) is 22.6. The van der Waals surface area contributed by atoms with Gasteiger partial charge in [0.25, 0.3) is 0 Å². The predicted octanol–water partition coefficient (Wildman–Crippen LogP) is 2.36. The molecule has 2 aromatic carbocycles. The minimum Gasteiger partial charge on any atom is -0.487 e. The number of halogens is 2. The molecule has 7 heteroatoms. The lowest BCUT2D eigenvalue weighted by molar-refractivity contribution is 0.00892. The van der Waals surface area contributed by atoms with Gasteiger partial charge in [0.1, 0.15) is 47.5 Å². The Morgan fingerprint density at radius 3 is 1.72 bits per heavy atom. The molecule has 2 unspecified atom stereocenters. The summed E-state index contributed by atoms with van der Waals surface area (Å²) in [6.07, 6.45) is 0.214. The Hall–Kier alpha value is -2.22. The highest BCUT2D eigenvalue weighted by atomic mass is 19.1. The molecule has 3 N–H and O–H groups in total. The molecular formula is C22H25F2NO4. The number of aryl methyl sites for hydroxylation is 2. The first-order valence-electron chi connectivity index (χ1n) is 9.96. The molecule has 2 aliphatic heterocycles. The summed E-state index contributed by atoms with van der Waals surface area (Å²) in [7, 11) is 0. The second kappa shape index (κ2) is 8.65. The Morgan fingerprint density at radius 2 is 1.28 bits per heavy atom. The van der Waals surface area contributed by atoms with Gasteiger partial charge in [0.15, 0.2) is 0 Å². The molecule has 2 heterocycles. The van der Waals surface area contributed by atoms with Crippen LogP contribution in [0.1, 0.15) is 24.0 Å². The van der Waals surface area contributed by atoms with Crippen molar-refractivity contribution in [3.63, 3.8) is 0 Å². The van der Waals surface area contributed by atoms with E-state index in [-0.39, 0.29) is 36.9 Å². The third-order valence-electron chi connectivity index (χ3n) is 5.56. The smallest absolute Gasteiger partial charge is 0.126 e. The molecule has 156 valence electrons. The third-order valence-corrected chi connectivity index (χ3v) is 5.56. The van der Waals surface area contributed by atoms with E-state index in [0.29, 0.717) is 37.2 Å². The molecular weight excluding hydrogens is 380 g/mol. The molecule has 0 radical (unpaired) electrons. The molecule has 0 aliphatic carbocycles. The van der Waals surface area contributed by atoms with E-state index in [4.69, 9.17) is 9.47 Å². The van der Waals surface area contributed by atoms with Crippen LogP contribution in [0.15, 0.2) is 36.4 Å². The van der Waals surface area contributed by atoms with Gasteiger partial charge in [0, 0.05) is 13.1 Å². The molecule has 0 fully saturated rings. The molecule has 0 amide bonds. The molecule has 5 nitrogen and oxygen atoms in total. The van der Waals surface area contributed by atoms with Crippen molar-refractivity contribution < 1.29 is 28.5 Å². The van der Waals surface area contributed by atoms with Crippen molar-refractivity contribution in [1.29, 1.82) is 0 Å². The second-order valence-electron chi connectivity index (χ2n) is 7.69. The zero-order valence-electron chi connectivity index (χ0n) is 16.0. The first kappa shape index (κ1) is 20.1. The zero-order chi connectivity index (χ0) is 20.4. The first-order chi connectivity index (χ1) is 14.0. The van der Waals surface area contributed by atoms with E-state index in [2.05, 4.69) is 5.32 Å². The van der Waals surface area contributed by atoms with Crippen molar-refractivity contribution in [3.05, 3.63) is 59.2 Å². The molecule has 2 aliphatic rings. The van der Waals surface area contributed by atoms with Crippen LogP contribution in [0.5, 0.6) is 11.5 Å². The summed E-state index contributed by atoms with van der Waals surface area (Å²) in [4.78, 5) is 0. The molecule has 4 atom stereocenters. The van der Waals surface area contributed by atoms with Crippen molar-refractivity contribution in [1.82, 2.24) is 5.32 Å². The van der Waals surface area contributed by atoms with Gasteiger partial charge in [0.05, 0.1) is 0 Å². The van der Waals surface area contributed by atoms with Gasteiger partial charge in [-0.25, -0.2) is 8.78 Å². The SMILES string of the molecule is OC(CNCC(O)[C@@H]1CCc2cc(F)ccc2O1)[C@@H]1CCc2cc(F)ccc2O1. The average molecular weight is 405 g/mol. The zero-order valence-corrected chi connectivity index (χ0v) is 16.0. The Bertz CT molecular complexity index is 793. The molecule has 4 rings (SSSR count). The fourth-order valence-electron chi connectivity index (χ4n) is 3.94. The lowest BCUT2D eigenvalue weighted by Crippen LogP contribution is -2.46. The maximum atomic E-state index is 13.3. The topological polar surface area (TPSA) is 71.0 Å².